The predicted octanol–water partition coefficient (Wildman–Crippen LogP) is 4.08. The minimum atomic E-state index is -0.632. The van der Waals surface area contributed by atoms with E-state index in [-0.39, 0.29) is 11.4 Å². The van der Waals surface area contributed by atoms with Crippen LogP contribution in [0.1, 0.15) is 51.1 Å². The van der Waals surface area contributed by atoms with Gasteiger partial charge in [-0.2, -0.15) is 0 Å². The van der Waals surface area contributed by atoms with Crippen molar-refractivity contribution in [1.82, 2.24) is 5.32 Å². The summed E-state index contributed by atoms with van der Waals surface area (Å²) in [5, 5.41) is 2.26. The highest BCUT2D eigenvalue weighted by atomic mass is 35.5. The van der Waals surface area contributed by atoms with Crippen LogP contribution in [0.25, 0.3) is 0 Å². The van der Waals surface area contributed by atoms with Crippen LogP contribution in [0.3, 0.4) is 0 Å². The molecule has 2 nitrogen and oxygen atoms in total. The number of alkyl halides is 1. The van der Waals surface area contributed by atoms with E-state index in [9.17, 15) is 4.79 Å². The van der Waals surface area contributed by atoms with Crippen LogP contribution in [0, 0.1) is 5.92 Å². The number of nitrogens with one attached hydrogen (secondary N) is 1. The molecular weight excluding hydrogens is 258 g/mol. The molecule has 1 N–H and O–H groups in total. The van der Waals surface area contributed by atoms with Crippen LogP contribution in [0.5, 0.6) is 0 Å². The van der Waals surface area contributed by atoms with E-state index < -0.39 is 5.38 Å². The van der Waals surface area contributed by atoms with Gasteiger partial charge >= 0.3 is 0 Å². The normalized spacial score (nSPS) is 13.4. The van der Waals surface area contributed by atoms with Gasteiger partial charge in [0.05, 0.1) is 0 Å². The molecule has 0 fully saturated rings. The van der Waals surface area contributed by atoms with Crippen molar-refractivity contribution in [3.05, 3.63) is 35.4 Å². The van der Waals surface area contributed by atoms with Gasteiger partial charge in [-0.05, 0) is 44.2 Å². The first kappa shape index (κ1) is 16.0. The molecule has 0 saturated carbocycles. The van der Waals surface area contributed by atoms with E-state index in [4.69, 9.17) is 11.6 Å². The van der Waals surface area contributed by atoms with Crippen molar-refractivity contribution in [2.45, 2.75) is 52.0 Å². The Bertz CT molecular complexity index is 417. The minimum Gasteiger partial charge on any atom is -0.350 e. The van der Waals surface area contributed by atoms with Crippen molar-refractivity contribution < 1.29 is 4.79 Å². The van der Waals surface area contributed by atoms with Gasteiger partial charge in [0, 0.05) is 5.54 Å². The maximum atomic E-state index is 12.0. The Labute approximate surface area is 121 Å². The Hall–Kier alpha value is -1.02. The molecule has 0 aliphatic heterocycles. The first-order valence-electron chi connectivity index (χ1n) is 6.74. The van der Waals surface area contributed by atoms with Gasteiger partial charge in [0.1, 0.15) is 5.38 Å². The van der Waals surface area contributed by atoms with E-state index in [1.807, 2.05) is 32.9 Å². The summed E-state index contributed by atoms with van der Waals surface area (Å²) in [6.45, 7) is 10.2. The summed E-state index contributed by atoms with van der Waals surface area (Å²) < 4.78 is 0. The van der Waals surface area contributed by atoms with Crippen molar-refractivity contribution >= 4 is 17.5 Å². The quantitative estimate of drug-likeness (QED) is 0.828. The Balaban J connectivity index is 2.72. The lowest BCUT2D eigenvalue weighted by Crippen LogP contribution is -2.42. The average molecular weight is 282 g/mol. The van der Waals surface area contributed by atoms with Crippen molar-refractivity contribution in [2.75, 3.05) is 0 Å². The number of hydrogen-bond acceptors (Lipinski definition) is 1. The van der Waals surface area contributed by atoms with Crippen LogP contribution < -0.4 is 5.32 Å². The van der Waals surface area contributed by atoms with E-state index in [1.54, 1.807) is 0 Å². The summed E-state index contributed by atoms with van der Waals surface area (Å²) in [5.41, 5.74) is 1.86. The third kappa shape index (κ3) is 5.65. The molecule has 19 heavy (non-hydrogen) atoms. The maximum absolute atomic E-state index is 12.0. The highest BCUT2D eigenvalue weighted by molar-refractivity contribution is 6.30. The SMILES string of the molecule is CC(C)Cc1ccc(C(Cl)C(=O)NC(C)(C)C)cc1. The summed E-state index contributed by atoms with van der Waals surface area (Å²) in [4.78, 5) is 12.0. The number of benzene rings is 1. The standard InChI is InChI=1S/C16H24ClNO/c1-11(2)10-12-6-8-13(9-7-12)14(17)15(19)18-16(3,4)5/h6-9,11,14H,10H2,1-5H3,(H,18,19). The van der Waals surface area contributed by atoms with Gasteiger partial charge < -0.3 is 5.32 Å². The summed E-state index contributed by atoms with van der Waals surface area (Å²) >= 11 is 6.21. The second kappa shape index (κ2) is 6.42. The fourth-order valence-corrected chi connectivity index (χ4v) is 2.08. The molecule has 0 spiro atoms. The van der Waals surface area contributed by atoms with Crippen LogP contribution in [-0.4, -0.2) is 11.4 Å². The monoisotopic (exact) mass is 281 g/mol. The lowest BCUT2D eigenvalue weighted by Gasteiger charge is -2.22. The maximum Gasteiger partial charge on any atom is 0.242 e. The topological polar surface area (TPSA) is 29.1 Å². The first-order chi connectivity index (χ1) is 8.69. The van der Waals surface area contributed by atoms with E-state index in [1.165, 1.54) is 5.56 Å². The van der Waals surface area contributed by atoms with Crippen molar-refractivity contribution in [3.8, 4) is 0 Å². The highest BCUT2D eigenvalue weighted by Gasteiger charge is 2.22. The molecule has 3 heteroatoms. The number of carbonyl (C=O) groups is 1. The second-order valence-corrected chi connectivity index (χ2v) is 6.88. The first-order valence-corrected chi connectivity index (χ1v) is 7.17. The van der Waals surface area contributed by atoms with Crippen LogP contribution in [-0.2, 0) is 11.2 Å². The van der Waals surface area contributed by atoms with Crippen LogP contribution in [0.15, 0.2) is 24.3 Å². The van der Waals surface area contributed by atoms with Crippen LogP contribution in [0.2, 0.25) is 0 Å². The van der Waals surface area contributed by atoms with E-state index in [2.05, 4.69) is 31.3 Å². The molecule has 1 aromatic carbocycles. The number of halogens is 1. The number of amides is 1. The number of hydrogen-bond donors (Lipinski definition) is 1. The van der Waals surface area contributed by atoms with Gasteiger partial charge in [-0.3, -0.25) is 4.79 Å². The molecule has 0 aliphatic carbocycles. The van der Waals surface area contributed by atoms with Gasteiger partial charge in [-0.15, -0.1) is 11.6 Å². The molecule has 0 bridgehead atoms. The molecule has 1 rings (SSSR count). The smallest absolute Gasteiger partial charge is 0.242 e. The predicted molar refractivity (Wildman–Crippen MR) is 81.5 cm³/mol. The fourth-order valence-electron chi connectivity index (χ4n) is 1.88. The Morgan fingerprint density at radius 1 is 1.21 bits per heavy atom. The lowest BCUT2D eigenvalue weighted by molar-refractivity contribution is -0.122. The third-order valence-electron chi connectivity index (χ3n) is 2.64. The fraction of sp³-hybridized carbons (Fsp3) is 0.562. The Morgan fingerprint density at radius 2 is 1.74 bits per heavy atom. The Kier molecular flexibility index (Phi) is 5.42. The van der Waals surface area contributed by atoms with Crippen LogP contribution in [0.4, 0.5) is 0 Å². The average Bonchev–Trinajstić information content (AvgIpc) is 2.26. The van der Waals surface area contributed by atoms with Crippen molar-refractivity contribution in [2.24, 2.45) is 5.92 Å². The molecule has 0 saturated heterocycles. The van der Waals surface area contributed by atoms with Gasteiger partial charge in [0.15, 0.2) is 0 Å². The zero-order valence-electron chi connectivity index (χ0n) is 12.5. The van der Waals surface area contributed by atoms with Gasteiger partial charge in [0.25, 0.3) is 0 Å². The molecule has 1 unspecified atom stereocenters. The Morgan fingerprint density at radius 3 is 2.16 bits per heavy atom. The van der Waals surface area contributed by atoms with E-state index in [0.717, 1.165) is 12.0 Å². The molecular formula is C16H24ClNO. The third-order valence-corrected chi connectivity index (χ3v) is 3.09. The zero-order chi connectivity index (χ0) is 14.6. The van der Waals surface area contributed by atoms with E-state index in [0.29, 0.717) is 5.92 Å². The van der Waals surface area contributed by atoms with Crippen LogP contribution >= 0.6 is 11.6 Å². The van der Waals surface area contributed by atoms with Gasteiger partial charge in [0.2, 0.25) is 5.91 Å². The molecule has 1 aromatic rings. The zero-order valence-corrected chi connectivity index (χ0v) is 13.2. The van der Waals surface area contributed by atoms with Gasteiger partial charge in [-0.25, -0.2) is 0 Å². The van der Waals surface area contributed by atoms with Gasteiger partial charge in [-0.1, -0.05) is 38.1 Å². The van der Waals surface area contributed by atoms with Crippen molar-refractivity contribution in [1.29, 1.82) is 0 Å². The second-order valence-electron chi connectivity index (χ2n) is 6.44. The number of rotatable bonds is 4. The summed E-state index contributed by atoms with van der Waals surface area (Å²) in [5.74, 6) is 0.479. The molecule has 1 atom stereocenters. The molecule has 1 amide bonds. The number of carbonyl (C=O) groups excluding carboxylic acids is 1. The van der Waals surface area contributed by atoms with Crippen molar-refractivity contribution in [3.63, 3.8) is 0 Å². The molecule has 0 heterocycles. The molecule has 0 radical (unpaired) electrons. The summed E-state index contributed by atoms with van der Waals surface area (Å²) in [6.07, 6.45) is 1.04. The highest BCUT2D eigenvalue weighted by Crippen LogP contribution is 2.22. The summed E-state index contributed by atoms with van der Waals surface area (Å²) in [7, 11) is 0. The minimum absolute atomic E-state index is 0.147. The molecule has 106 valence electrons. The van der Waals surface area contributed by atoms with E-state index >= 15 is 0 Å². The lowest BCUT2D eigenvalue weighted by atomic mass is 10.0. The molecule has 0 aromatic heterocycles. The molecule has 0 aliphatic rings. The largest absolute Gasteiger partial charge is 0.350 e. The summed E-state index contributed by atoms with van der Waals surface area (Å²) in [6, 6.07) is 7.99.